The lowest BCUT2D eigenvalue weighted by Gasteiger charge is -2.36. The molecule has 1 aromatic carbocycles. The summed E-state index contributed by atoms with van der Waals surface area (Å²) in [5.74, 6) is 0.0449. The van der Waals surface area contributed by atoms with E-state index in [0.717, 1.165) is 41.7 Å². The number of aliphatic carboxylic acids is 1. The number of carbonyl (C=O) groups is 1. The standard InChI is InChI=1S/C16H22O3/c1-11-7-8-12(2)14(19-3)13(11)16(15(17)18)9-5-4-6-10-16/h7-8H,4-6,9-10H2,1-3H3,(H,17,18). The van der Waals surface area contributed by atoms with Crippen LogP contribution < -0.4 is 4.74 Å². The highest BCUT2D eigenvalue weighted by Crippen LogP contribution is 2.46. The van der Waals surface area contributed by atoms with Crippen molar-refractivity contribution in [3.05, 3.63) is 28.8 Å². The molecule has 1 aromatic rings. The summed E-state index contributed by atoms with van der Waals surface area (Å²) in [7, 11) is 1.63. The molecule has 1 fully saturated rings. The Morgan fingerprint density at radius 3 is 2.26 bits per heavy atom. The van der Waals surface area contributed by atoms with Gasteiger partial charge in [0.05, 0.1) is 12.5 Å². The van der Waals surface area contributed by atoms with Crippen molar-refractivity contribution in [1.29, 1.82) is 0 Å². The van der Waals surface area contributed by atoms with Crippen molar-refractivity contribution >= 4 is 5.97 Å². The average Bonchev–Trinajstić information content (AvgIpc) is 2.41. The third-order valence-corrected chi connectivity index (χ3v) is 4.36. The molecule has 0 aliphatic heterocycles. The predicted molar refractivity (Wildman–Crippen MR) is 74.9 cm³/mol. The zero-order valence-electron chi connectivity index (χ0n) is 12.0. The smallest absolute Gasteiger partial charge is 0.314 e. The van der Waals surface area contributed by atoms with E-state index in [0.29, 0.717) is 12.8 Å². The van der Waals surface area contributed by atoms with Gasteiger partial charge in [-0.1, -0.05) is 31.4 Å². The number of ether oxygens (including phenoxy) is 1. The molecule has 19 heavy (non-hydrogen) atoms. The summed E-state index contributed by atoms with van der Waals surface area (Å²) in [6, 6.07) is 4.00. The maximum absolute atomic E-state index is 12.0. The summed E-state index contributed by atoms with van der Waals surface area (Å²) in [4.78, 5) is 12.0. The molecular formula is C16H22O3. The molecule has 1 aliphatic rings. The molecule has 0 unspecified atom stereocenters. The minimum atomic E-state index is -0.764. The van der Waals surface area contributed by atoms with Gasteiger partial charge in [-0.2, -0.15) is 0 Å². The molecule has 0 bridgehead atoms. The first-order chi connectivity index (χ1) is 9.03. The normalized spacial score (nSPS) is 18.1. The second-order valence-electron chi connectivity index (χ2n) is 5.56. The van der Waals surface area contributed by atoms with E-state index in [4.69, 9.17) is 4.74 Å². The maximum Gasteiger partial charge on any atom is 0.314 e. The Balaban J connectivity index is 2.66. The molecule has 0 aromatic heterocycles. The molecule has 0 saturated heterocycles. The lowest BCUT2D eigenvalue weighted by molar-refractivity contribution is -0.145. The molecular weight excluding hydrogens is 240 g/mol. The number of carboxylic acid groups (broad SMARTS) is 1. The van der Waals surface area contributed by atoms with Crippen LogP contribution in [0, 0.1) is 13.8 Å². The lowest BCUT2D eigenvalue weighted by Crippen LogP contribution is -2.39. The highest BCUT2D eigenvalue weighted by Gasteiger charge is 2.44. The molecule has 0 atom stereocenters. The molecule has 3 nitrogen and oxygen atoms in total. The van der Waals surface area contributed by atoms with Gasteiger partial charge in [-0.15, -0.1) is 0 Å². The molecule has 0 radical (unpaired) electrons. The van der Waals surface area contributed by atoms with Crippen LogP contribution in [-0.4, -0.2) is 18.2 Å². The number of hydrogen-bond donors (Lipinski definition) is 1. The van der Waals surface area contributed by atoms with Crippen molar-refractivity contribution in [3.8, 4) is 5.75 Å². The first-order valence-electron chi connectivity index (χ1n) is 6.91. The third kappa shape index (κ3) is 2.22. The zero-order valence-corrected chi connectivity index (χ0v) is 12.0. The Morgan fingerprint density at radius 1 is 1.16 bits per heavy atom. The second kappa shape index (κ2) is 5.24. The first-order valence-corrected chi connectivity index (χ1v) is 6.91. The number of aryl methyl sites for hydroxylation is 2. The minimum absolute atomic E-state index is 0.709. The lowest BCUT2D eigenvalue weighted by atomic mass is 9.67. The summed E-state index contributed by atoms with van der Waals surface area (Å²) >= 11 is 0. The van der Waals surface area contributed by atoms with Crippen LogP contribution in [0.3, 0.4) is 0 Å². The average molecular weight is 262 g/mol. The number of benzene rings is 1. The van der Waals surface area contributed by atoms with Crippen molar-refractivity contribution in [1.82, 2.24) is 0 Å². The van der Waals surface area contributed by atoms with E-state index < -0.39 is 11.4 Å². The van der Waals surface area contributed by atoms with Gasteiger partial charge in [0, 0.05) is 5.56 Å². The number of carboxylic acids is 1. The van der Waals surface area contributed by atoms with Crippen molar-refractivity contribution in [3.63, 3.8) is 0 Å². The van der Waals surface area contributed by atoms with Gasteiger partial charge in [-0.25, -0.2) is 0 Å². The summed E-state index contributed by atoms with van der Waals surface area (Å²) in [6.45, 7) is 3.96. The Kier molecular flexibility index (Phi) is 3.83. The summed E-state index contributed by atoms with van der Waals surface area (Å²) in [5, 5.41) is 9.82. The molecule has 1 saturated carbocycles. The molecule has 0 amide bonds. The Labute approximate surface area is 114 Å². The highest BCUT2D eigenvalue weighted by molar-refractivity contribution is 5.83. The van der Waals surface area contributed by atoms with Gasteiger partial charge < -0.3 is 9.84 Å². The quantitative estimate of drug-likeness (QED) is 0.905. The van der Waals surface area contributed by atoms with E-state index in [1.165, 1.54) is 0 Å². The fourth-order valence-corrected chi connectivity index (χ4v) is 3.37. The summed E-state index contributed by atoms with van der Waals surface area (Å²) < 4.78 is 5.52. The first kappa shape index (κ1) is 13.9. The van der Waals surface area contributed by atoms with Gasteiger partial charge >= 0.3 is 5.97 Å². The van der Waals surface area contributed by atoms with Crippen LogP contribution in [-0.2, 0) is 10.2 Å². The van der Waals surface area contributed by atoms with Crippen LogP contribution in [0.2, 0.25) is 0 Å². The van der Waals surface area contributed by atoms with Crippen LogP contribution in [0.5, 0.6) is 5.75 Å². The SMILES string of the molecule is COc1c(C)ccc(C)c1C1(C(=O)O)CCCCC1. The van der Waals surface area contributed by atoms with Gasteiger partial charge in [-0.3, -0.25) is 4.79 Å². The van der Waals surface area contributed by atoms with Crippen LogP contribution >= 0.6 is 0 Å². The van der Waals surface area contributed by atoms with E-state index in [9.17, 15) is 9.90 Å². The van der Waals surface area contributed by atoms with E-state index in [2.05, 4.69) is 0 Å². The predicted octanol–water partition coefficient (Wildman–Crippen LogP) is 3.60. The van der Waals surface area contributed by atoms with Crippen molar-refractivity contribution in [2.75, 3.05) is 7.11 Å². The van der Waals surface area contributed by atoms with Crippen molar-refractivity contribution in [2.45, 2.75) is 51.4 Å². The van der Waals surface area contributed by atoms with Crippen molar-refractivity contribution < 1.29 is 14.6 Å². The molecule has 1 N–H and O–H groups in total. The zero-order chi connectivity index (χ0) is 14.0. The van der Waals surface area contributed by atoms with Crippen LogP contribution in [0.1, 0.15) is 48.8 Å². The van der Waals surface area contributed by atoms with Gasteiger partial charge in [0.2, 0.25) is 0 Å². The van der Waals surface area contributed by atoms with E-state index >= 15 is 0 Å². The van der Waals surface area contributed by atoms with Gasteiger partial charge in [0.15, 0.2) is 0 Å². The largest absolute Gasteiger partial charge is 0.496 e. The fraction of sp³-hybridized carbons (Fsp3) is 0.562. The minimum Gasteiger partial charge on any atom is -0.496 e. The molecule has 0 spiro atoms. The van der Waals surface area contributed by atoms with Crippen LogP contribution in [0.4, 0.5) is 0 Å². The molecule has 2 rings (SSSR count). The topological polar surface area (TPSA) is 46.5 Å². The molecule has 3 heteroatoms. The number of rotatable bonds is 3. The van der Waals surface area contributed by atoms with Crippen LogP contribution in [0.25, 0.3) is 0 Å². The summed E-state index contributed by atoms with van der Waals surface area (Å²) in [6.07, 6.45) is 4.50. The van der Waals surface area contributed by atoms with Gasteiger partial charge in [0.1, 0.15) is 5.75 Å². The van der Waals surface area contributed by atoms with E-state index in [-0.39, 0.29) is 0 Å². The maximum atomic E-state index is 12.0. The molecule has 0 heterocycles. The molecule has 104 valence electrons. The summed E-state index contributed by atoms with van der Waals surface area (Å²) in [5.41, 5.74) is 2.16. The highest BCUT2D eigenvalue weighted by atomic mass is 16.5. The van der Waals surface area contributed by atoms with E-state index in [1.54, 1.807) is 7.11 Å². The monoisotopic (exact) mass is 262 g/mol. The molecule has 1 aliphatic carbocycles. The number of methoxy groups -OCH3 is 1. The Bertz CT molecular complexity index is 485. The van der Waals surface area contributed by atoms with Gasteiger partial charge in [-0.05, 0) is 37.8 Å². The second-order valence-corrected chi connectivity index (χ2v) is 5.56. The fourth-order valence-electron chi connectivity index (χ4n) is 3.37. The number of hydrogen-bond acceptors (Lipinski definition) is 2. The van der Waals surface area contributed by atoms with E-state index in [1.807, 2.05) is 26.0 Å². The van der Waals surface area contributed by atoms with Crippen LogP contribution in [0.15, 0.2) is 12.1 Å². The van der Waals surface area contributed by atoms with Gasteiger partial charge in [0.25, 0.3) is 0 Å². The Morgan fingerprint density at radius 2 is 1.74 bits per heavy atom. The van der Waals surface area contributed by atoms with Crippen molar-refractivity contribution in [2.24, 2.45) is 0 Å². The third-order valence-electron chi connectivity index (χ3n) is 4.36. The Hall–Kier alpha value is -1.51.